The second kappa shape index (κ2) is 5.73. The molecule has 1 aromatic rings. The Labute approximate surface area is 103 Å². The maximum atomic E-state index is 9.67. The zero-order valence-electron chi connectivity index (χ0n) is 10.5. The lowest BCUT2D eigenvalue weighted by Crippen LogP contribution is -2.40. The third-order valence-electron chi connectivity index (χ3n) is 3.15. The predicted molar refractivity (Wildman–Crippen MR) is 70.1 cm³/mol. The molecule has 3 nitrogen and oxygen atoms in total. The molecular weight excluding hydrogens is 214 g/mol. The molecule has 0 aliphatic rings. The van der Waals surface area contributed by atoms with Crippen LogP contribution in [0.2, 0.25) is 0 Å². The van der Waals surface area contributed by atoms with Crippen molar-refractivity contribution in [3.05, 3.63) is 36.4 Å². The molecule has 17 heavy (non-hydrogen) atoms. The zero-order valence-corrected chi connectivity index (χ0v) is 10.5. The highest BCUT2D eigenvalue weighted by atomic mass is 16.3. The zero-order chi connectivity index (χ0) is 12.9. The van der Waals surface area contributed by atoms with Gasteiger partial charge in [-0.2, -0.15) is 0 Å². The van der Waals surface area contributed by atoms with E-state index in [4.69, 9.17) is 0 Å². The number of phenolic OH excluding ortho intramolecular Hbond substituents is 2. The average Bonchev–Trinajstić information content (AvgIpc) is 2.28. The molecule has 0 amide bonds. The fourth-order valence-corrected chi connectivity index (χ4v) is 1.67. The molecule has 1 rings (SSSR count). The first-order chi connectivity index (χ1) is 8.00. The Morgan fingerprint density at radius 2 is 2.12 bits per heavy atom. The minimum Gasteiger partial charge on any atom is -0.508 e. The van der Waals surface area contributed by atoms with E-state index in [0.29, 0.717) is 6.54 Å². The predicted octanol–water partition coefficient (Wildman–Crippen LogP) is 2.93. The van der Waals surface area contributed by atoms with Crippen molar-refractivity contribution >= 4 is 0 Å². The SMILES string of the molecule is C=CCC(C)(CC)NCc1ccc(O)cc1O. The lowest BCUT2D eigenvalue weighted by Gasteiger charge is -2.28. The van der Waals surface area contributed by atoms with Crippen LogP contribution in [0.15, 0.2) is 30.9 Å². The monoisotopic (exact) mass is 235 g/mol. The standard InChI is InChI=1S/C14H21NO2/c1-4-8-14(3,5-2)15-10-11-6-7-12(16)9-13(11)17/h4,6-7,9,15-17H,1,5,8,10H2,2-3H3. The Morgan fingerprint density at radius 1 is 1.41 bits per heavy atom. The minimum atomic E-state index is -0.00786. The normalized spacial score (nSPS) is 14.2. The van der Waals surface area contributed by atoms with Crippen molar-refractivity contribution in [1.29, 1.82) is 0 Å². The van der Waals surface area contributed by atoms with Gasteiger partial charge in [-0.15, -0.1) is 6.58 Å². The largest absolute Gasteiger partial charge is 0.508 e. The molecule has 0 aliphatic carbocycles. The molecule has 0 spiro atoms. The summed E-state index contributed by atoms with van der Waals surface area (Å²) in [6.45, 7) is 8.58. The molecule has 1 aromatic carbocycles. The Hall–Kier alpha value is -1.48. The summed E-state index contributed by atoms with van der Waals surface area (Å²) in [5, 5.41) is 22.3. The van der Waals surface area contributed by atoms with Crippen molar-refractivity contribution in [2.24, 2.45) is 0 Å². The first-order valence-corrected chi connectivity index (χ1v) is 5.87. The van der Waals surface area contributed by atoms with Crippen LogP contribution < -0.4 is 5.32 Å². The Balaban J connectivity index is 2.68. The summed E-state index contributed by atoms with van der Waals surface area (Å²) in [7, 11) is 0. The van der Waals surface area contributed by atoms with Gasteiger partial charge in [0.15, 0.2) is 0 Å². The van der Waals surface area contributed by atoms with Gasteiger partial charge in [-0.25, -0.2) is 0 Å². The number of benzene rings is 1. The van der Waals surface area contributed by atoms with Crippen LogP contribution >= 0.6 is 0 Å². The van der Waals surface area contributed by atoms with E-state index in [0.717, 1.165) is 18.4 Å². The highest BCUT2D eigenvalue weighted by Crippen LogP contribution is 2.24. The fraction of sp³-hybridized carbons (Fsp3) is 0.429. The van der Waals surface area contributed by atoms with E-state index in [1.54, 1.807) is 12.1 Å². The summed E-state index contributed by atoms with van der Waals surface area (Å²) in [5.41, 5.74) is 0.776. The van der Waals surface area contributed by atoms with Gasteiger partial charge in [0.25, 0.3) is 0 Å². The minimum absolute atomic E-state index is 0.00786. The maximum Gasteiger partial charge on any atom is 0.123 e. The van der Waals surface area contributed by atoms with Gasteiger partial charge in [-0.05, 0) is 25.8 Å². The number of aromatic hydroxyl groups is 2. The molecule has 0 aromatic heterocycles. The highest BCUT2D eigenvalue weighted by molar-refractivity contribution is 5.38. The number of rotatable bonds is 6. The van der Waals surface area contributed by atoms with E-state index in [2.05, 4.69) is 25.7 Å². The van der Waals surface area contributed by atoms with Crippen LogP contribution in [0.4, 0.5) is 0 Å². The average molecular weight is 235 g/mol. The van der Waals surface area contributed by atoms with Crippen LogP contribution in [0.1, 0.15) is 32.3 Å². The molecule has 94 valence electrons. The summed E-state index contributed by atoms with van der Waals surface area (Å²) in [6, 6.07) is 4.66. The summed E-state index contributed by atoms with van der Waals surface area (Å²) in [4.78, 5) is 0. The Morgan fingerprint density at radius 3 is 2.65 bits per heavy atom. The first kappa shape index (κ1) is 13.6. The van der Waals surface area contributed by atoms with Crippen LogP contribution in [0, 0.1) is 0 Å². The van der Waals surface area contributed by atoms with Gasteiger partial charge in [0, 0.05) is 23.7 Å². The van der Waals surface area contributed by atoms with Gasteiger partial charge in [0.1, 0.15) is 11.5 Å². The topological polar surface area (TPSA) is 52.5 Å². The summed E-state index contributed by atoms with van der Waals surface area (Å²) in [5.74, 6) is 0.199. The summed E-state index contributed by atoms with van der Waals surface area (Å²) < 4.78 is 0. The van der Waals surface area contributed by atoms with E-state index in [-0.39, 0.29) is 17.0 Å². The van der Waals surface area contributed by atoms with Crippen molar-refractivity contribution in [2.45, 2.75) is 38.8 Å². The van der Waals surface area contributed by atoms with Crippen LogP contribution in [-0.2, 0) is 6.54 Å². The van der Waals surface area contributed by atoms with E-state index < -0.39 is 0 Å². The van der Waals surface area contributed by atoms with Crippen molar-refractivity contribution in [3.8, 4) is 11.5 Å². The van der Waals surface area contributed by atoms with Crippen molar-refractivity contribution in [3.63, 3.8) is 0 Å². The quantitative estimate of drug-likeness (QED) is 0.664. The fourth-order valence-electron chi connectivity index (χ4n) is 1.67. The van der Waals surface area contributed by atoms with Crippen molar-refractivity contribution in [1.82, 2.24) is 5.32 Å². The van der Waals surface area contributed by atoms with Crippen molar-refractivity contribution < 1.29 is 10.2 Å². The number of phenols is 2. The number of hydrogen-bond acceptors (Lipinski definition) is 3. The van der Waals surface area contributed by atoms with E-state index >= 15 is 0 Å². The molecule has 0 bridgehead atoms. The third kappa shape index (κ3) is 3.79. The lowest BCUT2D eigenvalue weighted by atomic mass is 9.94. The van der Waals surface area contributed by atoms with Gasteiger partial charge in [-0.3, -0.25) is 0 Å². The summed E-state index contributed by atoms with van der Waals surface area (Å²) in [6.07, 6.45) is 3.76. The molecule has 3 heteroatoms. The van der Waals surface area contributed by atoms with Crippen LogP contribution in [0.5, 0.6) is 11.5 Å². The molecular formula is C14H21NO2. The second-order valence-corrected chi connectivity index (χ2v) is 4.57. The van der Waals surface area contributed by atoms with E-state index in [9.17, 15) is 10.2 Å². The van der Waals surface area contributed by atoms with Crippen LogP contribution in [-0.4, -0.2) is 15.8 Å². The smallest absolute Gasteiger partial charge is 0.123 e. The molecule has 1 unspecified atom stereocenters. The van der Waals surface area contributed by atoms with E-state index in [1.807, 2.05) is 6.08 Å². The Bertz CT molecular complexity index is 390. The van der Waals surface area contributed by atoms with Crippen LogP contribution in [0.3, 0.4) is 0 Å². The molecule has 0 aliphatic heterocycles. The van der Waals surface area contributed by atoms with Gasteiger partial charge in [-0.1, -0.05) is 19.1 Å². The second-order valence-electron chi connectivity index (χ2n) is 4.57. The maximum absolute atomic E-state index is 9.67. The number of nitrogens with one attached hydrogen (secondary N) is 1. The van der Waals surface area contributed by atoms with Gasteiger partial charge < -0.3 is 15.5 Å². The molecule has 0 radical (unpaired) electrons. The molecule has 0 saturated carbocycles. The number of hydrogen-bond donors (Lipinski definition) is 3. The molecule has 1 atom stereocenters. The molecule has 0 saturated heterocycles. The van der Waals surface area contributed by atoms with Gasteiger partial charge in [0.2, 0.25) is 0 Å². The third-order valence-corrected chi connectivity index (χ3v) is 3.15. The van der Waals surface area contributed by atoms with Crippen molar-refractivity contribution in [2.75, 3.05) is 0 Å². The lowest BCUT2D eigenvalue weighted by molar-refractivity contribution is 0.340. The van der Waals surface area contributed by atoms with Gasteiger partial charge >= 0.3 is 0 Å². The summed E-state index contributed by atoms with van der Waals surface area (Å²) >= 11 is 0. The van der Waals surface area contributed by atoms with E-state index in [1.165, 1.54) is 6.07 Å². The van der Waals surface area contributed by atoms with Crippen LogP contribution in [0.25, 0.3) is 0 Å². The molecule has 3 N–H and O–H groups in total. The van der Waals surface area contributed by atoms with Gasteiger partial charge in [0.05, 0.1) is 0 Å². The molecule has 0 fully saturated rings. The first-order valence-electron chi connectivity index (χ1n) is 5.87. The molecule has 0 heterocycles. The Kier molecular flexibility index (Phi) is 4.58. The highest BCUT2D eigenvalue weighted by Gasteiger charge is 2.19.